The number of nitrogens with two attached hydrogens (primary N) is 2. The molecule has 5 nitrogen and oxygen atoms in total. The number of fused-ring (bicyclic) bond motifs is 3. The number of rotatable bonds is 9. The number of carbonyl (C=O) groups is 2. The molecule has 5 heteroatoms. The molecule has 1 heterocycles. The second-order valence-electron chi connectivity index (χ2n) is 8.59. The lowest BCUT2D eigenvalue weighted by molar-refractivity contribution is 0.0873. The Morgan fingerprint density at radius 1 is 0.710 bits per heavy atom. The van der Waals surface area contributed by atoms with E-state index in [0.717, 1.165) is 28.4 Å². The van der Waals surface area contributed by atoms with E-state index in [1.807, 2.05) is 64.1 Å². The van der Waals surface area contributed by atoms with Crippen LogP contribution in [-0.4, -0.2) is 27.2 Å². The van der Waals surface area contributed by atoms with Crippen LogP contribution in [0.5, 0.6) is 0 Å². The van der Waals surface area contributed by atoms with Crippen molar-refractivity contribution in [2.45, 2.75) is 77.9 Å². The van der Waals surface area contributed by atoms with Gasteiger partial charge in [-0.05, 0) is 69.0 Å². The van der Waals surface area contributed by atoms with Gasteiger partial charge in [0.2, 0.25) is 0 Å². The first kappa shape index (κ1) is 23.2. The summed E-state index contributed by atoms with van der Waals surface area (Å²) in [5, 5.41) is 1.92. The predicted octanol–water partition coefficient (Wildman–Crippen LogP) is 5.21. The highest BCUT2D eigenvalue weighted by Gasteiger charge is 2.32. The van der Waals surface area contributed by atoms with Gasteiger partial charge in [-0.15, -0.1) is 0 Å². The van der Waals surface area contributed by atoms with Gasteiger partial charge >= 0.3 is 0 Å². The maximum atomic E-state index is 13.2. The highest BCUT2D eigenvalue weighted by molar-refractivity contribution is 6.14. The van der Waals surface area contributed by atoms with Gasteiger partial charge in [0.25, 0.3) is 0 Å². The van der Waals surface area contributed by atoms with Crippen LogP contribution >= 0.6 is 0 Å². The van der Waals surface area contributed by atoms with Gasteiger partial charge in [-0.3, -0.25) is 9.59 Å². The first-order valence-electron chi connectivity index (χ1n) is 11.4. The minimum absolute atomic E-state index is 0.0398. The van der Waals surface area contributed by atoms with E-state index in [0.29, 0.717) is 36.8 Å². The number of benzene rings is 2. The molecule has 0 aliphatic carbocycles. The molecule has 0 atom stereocenters. The zero-order chi connectivity index (χ0) is 23.0. The van der Waals surface area contributed by atoms with E-state index < -0.39 is 11.1 Å². The van der Waals surface area contributed by atoms with Crippen molar-refractivity contribution in [1.82, 2.24) is 4.57 Å². The largest absolute Gasteiger partial charge is 0.341 e. The summed E-state index contributed by atoms with van der Waals surface area (Å²) in [4.78, 5) is 26.3. The van der Waals surface area contributed by atoms with Gasteiger partial charge in [0.15, 0.2) is 11.6 Å². The number of aryl methyl sites for hydroxylation is 1. The fourth-order valence-electron chi connectivity index (χ4n) is 4.44. The minimum Gasteiger partial charge on any atom is -0.341 e. The van der Waals surface area contributed by atoms with Crippen molar-refractivity contribution in [1.29, 1.82) is 0 Å². The Hall–Kier alpha value is -2.50. The topological polar surface area (TPSA) is 91.1 Å². The summed E-state index contributed by atoms with van der Waals surface area (Å²) in [5.41, 5.74) is 14.4. The van der Waals surface area contributed by atoms with Crippen LogP contribution in [0.1, 0.15) is 81.0 Å². The van der Waals surface area contributed by atoms with E-state index in [4.69, 9.17) is 11.5 Å². The molecular formula is C26H35N3O2. The van der Waals surface area contributed by atoms with E-state index in [2.05, 4.69) is 11.5 Å². The Kier molecular flexibility index (Phi) is 6.40. The van der Waals surface area contributed by atoms with Crippen LogP contribution < -0.4 is 11.5 Å². The van der Waals surface area contributed by atoms with Crippen LogP contribution in [0.4, 0.5) is 0 Å². The number of nitrogens with zero attached hydrogens (tertiary/aromatic N) is 1. The fraction of sp³-hybridized carbons (Fsp3) is 0.462. The number of hydrogen-bond donors (Lipinski definition) is 2. The molecule has 0 saturated heterocycles. The molecule has 3 rings (SSSR count). The van der Waals surface area contributed by atoms with Gasteiger partial charge in [-0.2, -0.15) is 0 Å². The molecule has 0 amide bonds. The monoisotopic (exact) mass is 421 g/mol. The van der Waals surface area contributed by atoms with Crippen molar-refractivity contribution in [2.24, 2.45) is 11.5 Å². The average molecular weight is 422 g/mol. The third-order valence-corrected chi connectivity index (χ3v) is 7.13. The van der Waals surface area contributed by atoms with Crippen LogP contribution in [0.25, 0.3) is 21.8 Å². The Morgan fingerprint density at radius 3 is 1.35 bits per heavy atom. The van der Waals surface area contributed by atoms with Gasteiger partial charge in [-0.25, -0.2) is 0 Å². The third-order valence-electron chi connectivity index (χ3n) is 7.13. The normalized spacial score (nSPS) is 12.6. The van der Waals surface area contributed by atoms with Gasteiger partial charge in [0.1, 0.15) is 0 Å². The third kappa shape index (κ3) is 3.70. The van der Waals surface area contributed by atoms with Crippen LogP contribution in [0.2, 0.25) is 0 Å². The molecule has 3 aromatic rings. The minimum atomic E-state index is -0.862. The first-order chi connectivity index (χ1) is 14.7. The molecule has 0 aliphatic rings. The second kappa shape index (κ2) is 8.56. The van der Waals surface area contributed by atoms with Crippen molar-refractivity contribution in [3.05, 3.63) is 47.5 Å². The summed E-state index contributed by atoms with van der Waals surface area (Å²) in [6.07, 6.45) is 2.34. The van der Waals surface area contributed by atoms with Gasteiger partial charge in [0, 0.05) is 39.5 Å². The molecule has 0 radical (unpaired) electrons. The standard InChI is InChI=1S/C26H35N3O2/c1-6-25(27,7-2)23(30)17-11-13-21-19(15-17)20-16-18(12-14-22(20)29(21)10-5)24(31)26(28,8-3)9-4/h11-16H,6-10,27-28H2,1-5H3. The van der Waals surface area contributed by atoms with E-state index in [1.54, 1.807) is 0 Å². The highest BCUT2D eigenvalue weighted by Crippen LogP contribution is 2.33. The van der Waals surface area contributed by atoms with E-state index >= 15 is 0 Å². The smallest absolute Gasteiger partial charge is 0.182 e. The predicted molar refractivity (Wildman–Crippen MR) is 129 cm³/mol. The molecular weight excluding hydrogens is 386 g/mol. The maximum absolute atomic E-state index is 13.2. The molecule has 0 fully saturated rings. The van der Waals surface area contributed by atoms with Gasteiger partial charge < -0.3 is 16.0 Å². The lowest BCUT2D eigenvalue weighted by atomic mass is 9.84. The van der Waals surface area contributed by atoms with Crippen molar-refractivity contribution in [2.75, 3.05) is 0 Å². The number of Topliss-reactive ketones (excluding diaryl/α,β-unsaturated/α-hetero) is 2. The van der Waals surface area contributed by atoms with E-state index in [1.165, 1.54) is 0 Å². The summed E-state index contributed by atoms with van der Waals surface area (Å²) in [6, 6.07) is 11.6. The van der Waals surface area contributed by atoms with Gasteiger partial charge in [0.05, 0.1) is 11.1 Å². The van der Waals surface area contributed by atoms with Gasteiger partial charge in [-0.1, -0.05) is 27.7 Å². The Bertz CT molecular complexity index is 1050. The Balaban J connectivity index is 2.24. The Morgan fingerprint density at radius 2 is 1.06 bits per heavy atom. The SMILES string of the molecule is CCn1c2ccc(C(=O)C(N)(CC)CC)cc2c2cc(C(=O)C(N)(CC)CC)ccc21. The van der Waals surface area contributed by atoms with E-state index in [9.17, 15) is 9.59 Å². The van der Waals surface area contributed by atoms with Crippen molar-refractivity contribution >= 4 is 33.4 Å². The molecule has 4 N–H and O–H groups in total. The molecule has 166 valence electrons. The van der Waals surface area contributed by atoms with Crippen LogP contribution in [0.3, 0.4) is 0 Å². The van der Waals surface area contributed by atoms with Crippen molar-refractivity contribution in [3.8, 4) is 0 Å². The molecule has 0 saturated carbocycles. The number of aromatic nitrogens is 1. The highest BCUT2D eigenvalue weighted by atomic mass is 16.1. The lowest BCUT2D eigenvalue weighted by Crippen LogP contribution is -2.46. The number of ketones is 2. The maximum Gasteiger partial charge on any atom is 0.182 e. The van der Waals surface area contributed by atoms with Crippen LogP contribution in [0, 0.1) is 0 Å². The summed E-state index contributed by atoms with van der Waals surface area (Å²) in [5.74, 6) is -0.0797. The zero-order valence-corrected chi connectivity index (χ0v) is 19.4. The first-order valence-corrected chi connectivity index (χ1v) is 11.4. The van der Waals surface area contributed by atoms with Crippen molar-refractivity contribution in [3.63, 3.8) is 0 Å². The molecule has 1 aromatic heterocycles. The quantitative estimate of drug-likeness (QED) is 0.464. The average Bonchev–Trinajstić information content (AvgIpc) is 3.13. The molecule has 0 bridgehead atoms. The van der Waals surface area contributed by atoms with E-state index in [-0.39, 0.29) is 11.6 Å². The lowest BCUT2D eigenvalue weighted by Gasteiger charge is -2.25. The summed E-state index contributed by atoms with van der Waals surface area (Å²) in [7, 11) is 0. The van der Waals surface area contributed by atoms with Crippen molar-refractivity contribution < 1.29 is 9.59 Å². The Labute approximate surface area is 184 Å². The number of carbonyl (C=O) groups excluding carboxylic acids is 2. The van der Waals surface area contributed by atoms with Crippen LogP contribution in [0.15, 0.2) is 36.4 Å². The molecule has 0 unspecified atom stereocenters. The molecule has 31 heavy (non-hydrogen) atoms. The zero-order valence-electron chi connectivity index (χ0n) is 19.4. The molecule has 2 aromatic carbocycles. The second-order valence-corrected chi connectivity index (χ2v) is 8.59. The molecule has 0 spiro atoms. The summed E-state index contributed by atoms with van der Waals surface area (Å²) >= 11 is 0. The summed E-state index contributed by atoms with van der Waals surface area (Å²) in [6.45, 7) is 10.7. The molecule has 0 aliphatic heterocycles. The van der Waals surface area contributed by atoms with Crippen LogP contribution in [-0.2, 0) is 6.54 Å². The summed E-state index contributed by atoms with van der Waals surface area (Å²) < 4.78 is 2.21. The number of hydrogen-bond acceptors (Lipinski definition) is 4. The fourth-order valence-corrected chi connectivity index (χ4v) is 4.44.